The molecule has 9 heteroatoms. The van der Waals surface area contributed by atoms with Crippen molar-refractivity contribution in [2.75, 3.05) is 13.2 Å². The van der Waals surface area contributed by atoms with Gasteiger partial charge in [-0.3, -0.25) is 19.1 Å². The number of carbonyl (C=O) groups excluding carboxylic acids is 1. The second-order valence-corrected chi connectivity index (χ2v) is 8.78. The summed E-state index contributed by atoms with van der Waals surface area (Å²) in [6.45, 7) is 4.03. The first-order chi connectivity index (χ1) is 17.4. The summed E-state index contributed by atoms with van der Waals surface area (Å²) < 4.78 is 25.1. The summed E-state index contributed by atoms with van der Waals surface area (Å²) in [6.07, 6.45) is -0.894. The summed E-state index contributed by atoms with van der Waals surface area (Å²) in [5.74, 6) is -0.931. The van der Waals surface area contributed by atoms with Crippen molar-refractivity contribution in [2.45, 2.75) is 45.5 Å². The fraction of sp³-hybridized carbons (Fsp3) is 0.370. The van der Waals surface area contributed by atoms with Gasteiger partial charge in [0.05, 0.1) is 38.4 Å². The molecule has 36 heavy (non-hydrogen) atoms. The standard InChI is InChI=1S/C27H30N2O7/c1-18-13-29(27(32)28-25(18)31)26-24(35-19(2)30)22(16-33-14-20-9-5-3-6-10-20)23(36-26)17-34-15-21-11-7-4-8-12-21/h3-13,22-24,26H,14-17H2,1-2H3,(H,28,31,32)/t22-,23-,24-,26-/m1/s1. The maximum absolute atomic E-state index is 12.6. The molecule has 4 atom stereocenters. The van der Waals surface area contributed by atoms with Crippen LogP contribution in [0.4, 0.5) is 0 Å². The predicted octanol–water partition coefficient (Wildman–Crippen LogP) is 2.72. The number of aryl methyl sites for hydroxylation is 1. The van der Waals surface area contributed by atoms with Crippen molar-refractivity contribution >= 4 is 5.97 Å². The smallest absolute Gasteiger partial charge is 0.330 e. The van der Waals surface area contributed by atoms with Gasteiger partial charge in [0.25, 0.3) is 5.56 Å². The number of rotatable bonds is 10. The third kappa shape index (κ3) is 6.37. The molecule has 1 fully saturated rings. The van der Waals surface area contributed by atoms with Gasteiger partial charge in [-0.05, 0) is 18.1 Å². The van der Waals surface area contributed by atoms with E-state index in [1.165, 1.54) is 17.7 Å². The van der Waals surface area contributed by atoms with Crippen LogP contribution in [0.25, 0.3) is 0 Å². The molecule has 0 radical (unpaired) electrons. The molecule has 0 saturated carbocycles. The van der Waals surface area contributed by atoms with Gasteiger partial charge in [-0.15, -0.1) is 0 Å². The third-order valence-electron chi connectivity index (χ3n) is 6.03. The molecule has 9 nitrogen and oxygen atoms in total. The Balaban J connectivity index is 1.56. The van der Waals surface area contributed by atoms with Gasteiger partial charge >= 0.3 is 11.7 Å². The number of hydrogen-bond donors (Lipinski definition) is 1. The minimum absolute atomic E-state index is 0.194. The average Bonchev–Trinajstić information content (AvgIpc) is 3.19. The van der Waals surface area contributed by atoms with Crippen LogP contribution in [0.2, 0.25) is 0 Å². The molecule has 1 saturated heterocycles. The molecule has 1 aliphatic heterocycles. The number of carbonyl (C=O) groups is 1. The number of ether oxygens (including phenoxy) is 4. The number of hydrogen-bond acceptors (Lipinski definition) is 7. The maximum atomic E-state index is 12.6. The van der Waals surface area contributed by atoms with E-state index in [0.29, 0.717) is 18.8 Å². The lowest BCUT2D eigenvalue weighted by Gasteiger charge is -2.24. The fourth-order valence-electron chi connectivity index (χ4n) is 4.24. The molecular weight excluding hydrogens is 464 g/mol. The number of aromatic nitrogens is 2. The summed E-state index contributed by atoms with van der Waals surface area (Å²) in [5.41, 5.74) is 1.21. The molecule has 4 rings (SSSR count). The number of benzene rings is 2. The summed E-state index contributed by atoms with van der Waals surface area (Å²) in [7, 11) is 0. The topological polar surface area (TPSA) is 109 Å². The minimum Gasteiger partial charge on any atom is -0.457 e. The van der Waals surface area contributed by atoms with Crippen LogP contribution >= 0.6 is 0 Å². The highest BCUT2D eigenvalue weighted by Gasteiger charge is 2.48. The molecule has 0 aliphatic carbocycles. The highest BCUT2D eigenvalue weighted by atomic mass is 16.6. The van der Waals surface area contributed by atoms with Crippen LogP contribution in [0.5, 0.6) is 0 Å². The van der Waals surface area contributed by atoms with Gasteiger partial charge in [0.2, 0.25) is 0 Å². The first-order valence-corrected chi connectivity index (χ1v) is 11.8. The van der Waals surface area contributed by atoms with Crippen LogP contribution < -0.4 is 11.2 Å². The Morgan fingerprint density at radius 2 is 1.53 bits per heavy atom. The molecular formula is C27H30N2O7. The molecule has 190 valence electrons. The first kappa shape index (κ1) is 25.6. The SMILES string of the molecule is CC(=O)O[C@@H]1[C@H](COCc2ccccc2)[C@@H](COCc2ccccc2)O[C@H]1n1cc(C)c(=O)[nH]c1=O. The summed E-state index contributed by atoms with van der Waals surface area (Å²) in [4.78, 5) is 38.9. The molecule has 1 aromatic heterocycles. The number of aromatic amines is 1. The van der Waals surface area contributed by atoms with E-state index in [1.807, 2.05) is 60.7 Å². The van der Waals surface area contributed by atoms with Crippen LogP contribution in [0, 0.1) is 12.8 Å². The summed E-state index contributed by atoms with van der Waals surface area (Å²) in [6, 6.07) is 19.4. The minimum atomic E-state index is -0.951. The van der Waals surface area contributed by atoms with E-state index >= 15 is 0 Å². The van der Waals surface area contributed by atoms with Crippen LogP contribution in [0.15, 0.2) is 76.4 Å². The van der Waals surface area contributed by atoms with Gasteiger partial charge in [0, 0.05) is 18.7 Å². The third-order valence-corrected chi connectivity index (χ3v) is 6.03. The summed E-state index contributed by atoms with van der Waals surface area (Å²) in [5, 5.41) is 0. The van der Waals surface area contributed by atoms with Crippen molar-refractivity contribution in [1.29, 1.82) is 0 Å². The zero-order chi connectivity index (χ0) is 25.5. The molecule has 2 aromatic carbocycles. The maximum Gasteiger partial charge on any atom is 0.330 e. The van der Waals surface area contributed by atoms with Gasteiger partial charge < -0.3 is 18.9 Å². The Hall–Kier alpha value is -3.53. The van der Waals surface area contributed by atoms with Gasteiger partial charge in [-0.25, -0.2) is 4.79 Å². The Morgan fingerprint density at radius 1 is 0.944 bits per heavy atom. The van der Waals surface area contributed by atoms with Gasteiger partial charge in [-0.1, -0.05) is 60.7 Å². The van der Waals surface area contributed by atoms with E-state index in [-0.39, 0.29) is 13.2 Å². The lowest BCUT2D eigenvalue weighted by Crippen LogP contribution is -2.40. The van der Waals surface area contributed by atoms with Gasteiger partial charge in [-0.2, -0.15) is 0 Å². The van der Waals surface area contributed by atoms with Gasteiger partial charge in [0.15, 0.2) is 12.3 Å². The van der Waals surface area contributed by atoms with Crippen molar-refractivity contribution in [3.8, 4) is 0 Å². The lowest BCUT2D eigenvalue weighted by atomic mass is 9.98. The van der Waals surface area contributed by atoms with Crippen LogP contribution in [0.3, 0.4) is 0 Å². The van der Waals surface area contributed by atoms with Crippen LogP contribution in [-0.2, 0) is 37.0 Å². The zero-order valence-corrected chi connectivity index (χ0v) is 20.3. The Labute approximate surface area is 208 Å². The molecule has 0 bridgehead atoms. The van der Waals surface area contributed by atoms with Crippen molar-refractivity contribution in [2.24, 2.45) is 5.92 Å². The molecule has 0 unspecified atom stereocenters. The summed E-state index contributed by atoms with van der Waals surface area (Å²) >= 11 is 0. The Kier molecular flexibility index (Phi) is 8.48. The van der Waals surface area contributed by atoms with Crippen LogP contribution in [0.1, 0.15) is 29.8 Å². The average molecular weight is 495 g/mol. The first-order valence-electron chi connectivity index (χ1n) is 11.8. The molecule has 3 aromatic rings. The second-order valence-electron chi connectivity index (χ2n) is 8.78. The monoisotopic (exact) mass is 494 g/mol. The van der Waals surface area contributed by atoms with E-state index in [1.54, 1.807) is 6.92 Å². The molecule has 0 spiro atoms. The predicted molar refractivity (Wildman–Crippen MR) is 131 cm³/mol. The number of nitrogens with one attached hydrogen (secondary N) is 1. The zero-order valence-electron chi connectivity index (χ0n) is 20.3. The number of H-pyrrole nitrogens is 1. The highest BCUT2D eigenvalue weighted by Crippen LogP contribution is 2.36. The number of nitrogens with zero attached hydrogens (tertiary/aromatic N) is 1. The molecule has 1 aliphatic rings. The van der Waals surface area contributed by atoms with E-state index in [4.69, 9.17) is 18.9 Å². The quantitative estimate of drug-likeness (QED) is 0.432. The van der Waals surface area contributed by atoms with Crippen molar-refractivity contribution < 1.29 is 23.7 Å². The van der Waals surface area contributed by atoms with Crippen molar-refractivity contribution in [1.82, 2.24) is 9.55 Å². The lowest BCUT2D eigenvalue weighted by molar-refractivity contribution is -0.155. The Morgan fingerprint density at radius 3 is 2.11 bits per heavy atom. The van der Waals surface area contributed by atoms with Crippen molar-refractivity contribution in [3.05, 3.63) is 104 Å². The largest absolute Gasteiger partial charge is 0.457 e. The Bertz CT molecular complexity index is 1260. The van der Waals surface area contributed by atoms with Crippen LogP contribution in [-0.4, -0.2) is 40.9 Å². The van der Waals surface area contributed by atoms with Crippen molar-refractivity contribution in [3.63, 3.8) is 0 Å². The fourth-order valence-corrected chi connectivity index (χ4v) is 4.24. The van der Waals surface area contributed by atoms with E-state index in [9.17, 15) is 14.4 Å². The van der Waals surface area contributed by atoms with E-state index < -0.39 is 41.6 Å². The molecule has 1 N–H and O–H groups in total. The van der Waals surface area contributed by atoms with Gasteiger partial charge in [0.1, 0.15) is 0 Å². The normalized spacial score (nSPS) is 21.4. The molecule has 2 heterocycles. The van der Waals surface area contributed by atoms with E-state index in [2.05, 4.69) is 4.98 Å². The second kappa shape index (κ2) is 11.9. The number of esters is 1. The molecule has 0 amide bonds. The van der Waals surface area contributed by atoms with E-state index in [0.717, 1.165) is 11.1 Å². The highest BCUT2D eigenvalue weighted by molar-refractivity contribution is 5.66.